The number of unbranched alkanes of at least 4 members (excludes halogenated alkanes) is 1. The number of nitrogens with one attached hydrogen (secondary N) is 1. The van der Waals surface area contributed by atoms with Crippen LogP contribution >= 0.6 is 0 Å². The molecular formula is C23H53NO3SSi2. The molecule has 0 amide bonds. The standard InChI is InChI=1S/C23H53NO3SSi2/c1-15-16-17-19(24-28(25)21(2,3)4)20(27-30(13,14)23(8,9)10)18-26-29(11,12)22(5,6)7/h19-20,24H,15-18H2,1-14H3/t19-,20+,28-/m0/s1. The molecule has 0 spiro atoms. The fourth-order valence-corrected chi connectivity index (χ4v) is 5.61. The van der Waals surface area contributed by atoms with Crippen molar-refractivity contribution in [2.24, 2.45) is 0 Å². The van der Waals surface area contributed by atoms with Gasteiger partial charge >= 0.3 is 0 Å². The predicted molar refractivity (Wildman–Crippen MR) is 140 cm³/mol. The molecule has 0 rings (SSSR count). The SMILES string of the molecule is CCCC[C@H](N[S@@](=O)C(C)(C)C)[C@@H](CO[Si](C)(C)C(C)(C)C)O[Si](C)(C)C(C)(C)C. The van der Waals surface area contributed by atoms with Crippen LogP contribution < -0.4 is 4.72 Å². The molecule has 30 heavy (non-hydrogen) atoms. The number of hydrogen-bond acceptors (Lipinski definition) is 3. The minimum absolute atomic E-state index is 0.0175. The van der Waals surface area contributed by atoms with Gasteiger partial charge in [0.25, 0.3) is 0 Å². The van der Waals surface area contributed by atoms with Crippen LogP contribution in [0.5, 0.6) is 0 Å². The lowest BCUT2D eigenvalue weighted by atomic mass is 10.1. The fraction of sp³-hybridized carbons (Fsp3) is 1.00. The van der Waals surface area contributed by atoms with Gasteiger partial charge in [-0.1, -0.05) is 61.3 Å². The predicted octanol–water partition coefficient (Wildman–Crippen LogP) is 7.01. The van der Waals surface area contributed by atoms with Gasteiger partial charge in [-0.3, -0.25) is 0 Å². The second kappa shape index (κ2) is 11.1. The van der Waals surface area contributed by atoms with Crippen LogP contribution in [-0.2, 0) is 19.8 Å². The average molecular weight is 480 g/mol. The third-order valence-corrected chi connectivity index (χ3v) is 17.4. The second-order valence-corrected chi connectivity index (χ2v) is 24.3. The molecule has 1 N–H and O–H groups in total. The zero-order valence-electron chi connectivity index (χ0n) is 22.6. The monoisotopic (exact) mass is 479 g/mol. The van der Waals surface area contributed by atoms with Gasteiger partial charge in [-0.05, 0) is 63.5 Å². The van der Waals surface area contributed by atoms with Crippen LogP contribution in [0.4, 0.5) is 0 Å². The molecule has 0 saturated carbocycles. The molecule has 0 saturated heterocycles. The summed E-state index contributed by atoms with van der Waals surface area (Å²) in [5.41, 5.74) is 0. The summed E-state index contributed by atoms with van der Waals surface area (Å²) in [5, 5.41) is 0.260. The van der Waals surface area contributed by atoms with Crippen LogP contribution in [0.3, 0.4) is 0 Å². The summed E-state index contributed by atoms with van der Waals surface area (Å²) >= 11 is 0. The maximum atomic E-state index is 13.0. The lowest BCUT2D eigenvalue weighted by Crippen LogP contribution is -2.55. The van der Waals surface area contributed by atoms with E-state index in [1.54, 1.807) is 0 Å². The van der Waals surface area contributed by atoms with Gasteiger partial charge in [0.15, 0.2) is 16.6 Å². The Hall–Kier alpha value is 0.464. The minimum Gasteiger partial charge on any atom is -0.414 e. The van der Waals surface area contributed by atoms with Crippen molar-refractivity contribution in [3.63, 3.8) is 0 Å². The molecule has 0 aliphatic rings. The van der Waals surface area contributed by atoms with Crippen LogP contribution in [0, 0.1) is 0 Å². The highest BCUT2D eigenvalue weighted by Crippen LogP contribution is 2.39. The van der Waals surface area contributed by atoms with Gasteiger partial charge in [-0.25, -0.2) is 8.93 Å². The third-order valence-electron chi connectivity index (χ3n) is 6.80. The molecular weight excluding hydrogens is 426 g/mol. The Morgan fingerprint density at radius 2 is 1.33 bits per heavy atom. The summed E-state index contributed by atoms with van der Waals surface area (Å²) in [7, 11) is -5.07. The minimum atomic E-state index is -2.01. The van der Waals surface area contributed by atoms with E-state index in [4.69, 9.17) is 8.85 Å². The van der Waals surface area contributed by atoms with Crippen molar-refractivity contribution in [2.75, 3.05) is 6.61 Å². The Kier molecular flexibility index (Phi) is 11.2. The van der Waals surface area contributed by atoms with Crippen molar-refractivity contribution in [2.45, 2.75) is 142 Å². The first-order chi connectivity index (χ1) is 13.2. The van der Waals surface area contributed by atoms with Gasteiger partial charge in [0.05, 0.1) is 28.4 Å². The summed E-state index contributed by atoms with van der Waals surface area (Å²) in [5.74, 6) is 0. The Morgan fingerprint density at radius 1 is 0.867 bits per heavy atom. The zero-order valence-corrected chi connectivity index (χ0v) is 25.4. The van der Waals surface area contributed by atoms with Crippen LogP contribution in [0.2, 0.25) is 36.3 Å². The van der Waals surface area contributed by atoms with Crippen molar-refractivity contribution >= 4 is 27.6 Å². The lowest BCUT2D eigenvalue weighted by molar-refractivity contribution is 0.0791. The van der Waals surface area contributed by atoms with E-state index < -0.39 is 27.6 Å². The van der Waals surface area contributed by atoms with E-state index in [0.717, 1.165) is 19.3 Å². The van der Waals surface area contributed by atoms with Crippen molar-refractivity contribution in [3.05, 3.63) is 0 Å². The molecule has 0 aromatic rings. The van der Waals surface area contributed by atoms with Crippen molar-refractivity contribution in [1.82, 2.24) is 4.72 Å². The topological polar surface area (TPSA) is 47.6 Å². The summed E-state index contributed by atoms with van der Waals surface area (Å²) in [6, 6.07) is 0.0175. The number of rotatable bonds is 11. The summed E-state index contributed by atoms with van der Waals surface area (Å²) < 4.78 is 29.7. The van der Waals surface area contributed by atoms with E-state index in [9.17, 15) is 4.21 Å². The third kappa shape index (κ3) is 9.53. The van der Waals surface area contributed by atoms with E-state index >= 15 is 0 Å². The maximum absolute atomic E-state index is 13.0. The Balaban J connectivity index is 5.89. The second-order valence-electron chi connectivity index (χ2n) is 12.7. The van der Waals surface area contributed by atoms with Gasteiger partial charge in [-0.2, -0.15) is 0 Å². The molecule has 7 heteroatoms. The van der Waals surface area contributed by atoms with Crippen molar-refractivity contribution in [1.29, 1.82) is 0 Å². The van der Waals surface area contributed by atoms with Crippen LogP contribution in [0.25, 0.3) is 0 Å². The van der Waals surface area contributed by atoms with Gasteiger partial charge in [0.1, 0.15) is 0 Å². The molecule has 0 aliphatic carbocycles. The van der Waals surface area contributed by atoms with Crippen molar-refractivity contribution < 1.29 is 13.1 Å². The molecule has 0 fully saturated rings. The van der Waals surface area contributed by atoms with Crippen LogP contribution in [0.15, 0.2) is 0 Å². The van der Waals surface area contributed by atoms with Gasteiger partial charge < -0.3 is 8.85 Å². The highest BCUT2D eigenvalue weighted by atomic mass is 32.2. The summed E-state index contributed by atoms with van der Waals surface area (Å²) in [4.78, 5) is 0. The molecule has 3 atom stereocenters. The van der Waals surface area contributed by atoms with E-state index in [-0.39, 0.29) is 27.0 Å². The molecule has 0 bridgehead atoms. The number of hydrogen-bond donors (Lipinski definition) is 1. The molecule has 4 nitrogen and oxygen atoms in total. The first kappa shape index (κ1) is 30.5. The summed E-state index contributed by atoms with van der Waals surface area (Å²) in [6.07, 6.45) is 3.03. The highest BCUT2D eigenvalue weighted by molar-refractivity contribution is 7.84. The van der Waals surface area contributed by atoms with Crippen LogP contribution in [-0.4, -0.2) is 44.3 Å². The first-order valence-electron chi connectivity index (χ1n) is 11.7. The summed E-state index contributed by atoms with van der Waals surface area (Å²) in [6.45, 7) is 31.6. The van der Waals surface area contributed by atoms with E-state index in [2.05, 4.69) is 79.4 Å². The first-order valence-corrected chi connectivity index (χ1v) is 18.6. The Morgan fingerprint density at radius 3 is 1.70 bits per heavy atom. The van der Waals surface area contributed by atoms with E-state index in [1.807, 2.05) is 20.8 Å². The Labute approximate surface area is 193 Å². The molecule has 0 aliphatic heterocycles. The lowest BCUT2D eigenvalue weighted by Gasteiger charge is -2.44. The largest absolute Gasteiger partial charge is 0.414 e. The zero-order chi connectivity index (χ0) is 24.2. The fourth-order valence-electron chi connectivity index (χ4n) is 2.35. The maximum Gasteiger partial charge on any atom is 0.192 e. The molecule has 0 aromatic heterocycles. The van der Waals surface area contributed by atoms with Gasteiger partial charge in [0.2, 0.25) is 0 Å². The molecule has 0 radical (unpaired) electrons. The van der Waals surface area contributed by atoms with E-state index in [0.29, 0.717) is 6.61 Å². The van der Waals surface area contributed by atoms with Gasteiger partial charge in [-0.15, -0.1) is 0 Å². The van der Waals surface area contributed by atoms with Gasteiger partial charge in [0, 0.05) is 6.04 Å². The molecule has 0 heterocycles. The Bertz CT molecular complexity index is 546. The quantitative estimate of drug-likeness (QED) is 0.324. The molecule has 0 aromatic carbocycles. The molecule has 182 valence electrons. The smallest absolute Gasteiger partial charge is 0.192 e. The van der Waals surface area contributed by atoms with Crippen LogP contribution in [0.1, 0.15) is 88.5 Å². The van der Waals surface area contributed by atoms with E-state index in [1.165, 1.54) is 0 Å². The van der Waals surface area contributed by atoms with Crippen molar-refractivity contribution in [3.8, 4) is 0 Å². The normalized spacial score (nSPS) is 17.7. The molecule has 0 unspecified atom stereocenters. The highest BCUT2D eigenvalue weighted by Gasteiger charge is 2.43. The average Bonchev–Trinajstić information content (AvgIpc) is 2.52.